The number of aliphatic hydroxyl groups excluding tert-OH is 1. The summed E-state index contributed by atoms with van der Waals surface area (Å²) in [7, 11) is 0. The highest BCUT2D eigenvalue weighted by atomic mass is 16.5. The Hall–Kier alpha value is -1.27. The van der Waals surface area contributed by atoms with Crippen LogP contribution in [0.15, 0.2) is 11.0 Å². The van der Waals surface area contributed by atoms with Crippen LogP contribution >= 0.6 is 0 Å². The largest absolute Gasteiger partial charge is 0.493 e. The number of aliphatic hydroxyl groups is 1. The lowest BCUT2D eigenvalue weighted by Gasteiger charge is -2.25. The first-order chi connectivity index (χ1) is 14.6. The van der Waals surface area contributed by atoms with Crippen LogP contribution in [0.4, 0.5) is 0 Å². The molecule has 1 heterocycles. The summed E-state index contributed by atoms with van der Waals surface area (Å²) in [4.78, 5) is 12.3. The minimum atomic E-state index is -0.134. The molecule has 0 atom stereocenters. The van der Waals surface area contributed by atoms with Gasteiger partial charge in [-0.1, -0.05) is 53.4 Å². The van der Waals surface area contributed by atoms with Crippen molar-refractivity contribution in [2.75, 3.05) is 19.8 Å². The average molecular weight is 441 g/mol. The van der Waals surface area contributed by atoms with E-state index in [1.54, 1.807) is 0 Å². The molecule has 0 bridgehead atoms. The van der Waals surface area contributed by atoms with Gasteiger partial charge in [0.15, 0.2) is 0 Å². The molecule has 0 spiro atoms. The molecule has 0 aliphatic rings. The molecule has 0 saturated carbocycles. The van der Waals surface area contributed by atoms with Gasteiger partial charge < -0.3 is 14.9 Å². The molecular weight excluding hydrogens is 392 g/mol. The Labute approximate surface area is 189 Å². The Morgan fingerprint density at radius 2 is 1.42 bits per heavy atom. The fraction of sp³-hybridized carbons (Fsp3) is 0.880. The van der Waals surface area contributed by atoms with E-state index in [9.17, 15) is 9.90 Å². The highest BCUT2D eigenvalue weighted by molar-refractivity contribution is 5.05. The zero-order valence-corrected chi connectivity index (χ0v) is 20.8. The monoisotopic (exact) mass is 440 g/mol. The molecule has 0 aliphatic carbocycles. The molecule has 0 radical (unpaired) electrons. The first-order valence-corrected chi connectivity index (χ1v) is 12.3. The van der Waals surface area contributed by atoms with E-state index in [1.807, 2.05) is 6.92 Å². The summed E-state index contributed by atoms with van der Waals surface area (Å²) in [5.41, 5.74) is 0.198. The fourth-order valence-electron chi connectivity index (χ4n) is 4.13. The predicted molar refractivity (Wildman–Crippen MR) is 128 cm³/mol. The lowest BCUT2D eigenvalue weighted by molar-refractivity contribution is 0.119. The lowest BCUT2D eigenvalue weighted by atomic mass is 9.82. The fourth-order valence-corrected chi connectivity index (χ4v) is 4.13. The first-order valence-electron chi connectivity index (χ1n) is 12.3. The van der Waals surface area contributed by atoms with Crippen LogP contribution in [0.1, 0.15) is 98.8 Å². The van der Waals surface area contributed by atoms with Gasteiger partial charge in [-0.3, -0.25) is 9.13 Å². The summed E-state index contributed by atoms with van der Waals surface area (Å²) >= 11 is 0. The number of imidazole rings is 1. The van der Waals surface area contributed by atoms with Crippen molar-refractivity contribution in [3.8, 4) is 5.88 Å². The molecular formula is C25H48N2O4. The third-order valence-corrected chi connectivity index (χ3v) is 6.25. The van der Waals surface area contributed by atoms with Crippen molar-refractivity contribution in [2.45, 2.75) is 112 Å². The molecule has 1 aromatic rings. The molecule has 0 aliphatic heterocycles. The number of aromatic nitrogens is 2. The molecule has 0 aromatic carbocycles. The SMILES string of the molecule is CCn1cc(O)n(CC(C)(C)CCCCOCCCCC(C)(C)CCCCCO)c1=O. The maximum Gasteiger partial charge on any atom is 0.331 e. The number of hydrogen-bond acceptors (Lipinski definition) is 4. The van der Waals surface area contributed by atoms with Gasteiger partial charge in [0.25, 0.3) is 0 Å². The van der Waals surface area contributed by atoms with Crippen LogP contribution < -0.4 is 5.69 Å². The molecule has 0 fully saturated rings. The Kier molecular flexibility index (Phi) is 12.5. The van der Waals surface area contributed by atoms with E-state index < -0.39 is 0 Å². The number of aromatic hydroxyl groups is 1. The topological polar surface area (TPSA) is 76.6 Å². The second-order valence-corrected chi connectivity index (χ2v) is 10.5. The molecule has 0 amide bonds. The quantitative estimate of drug-likeness (QED) is 0.302. The molecule has 1 aromatic heterocycles. The van der Waals surface area contributed by atoms with E-state index in [0.717, 1.165) is 51.7 Å². The minimum Gasteiger partial charge on any atom is -0.493 e. The zero-order valence-electron chi connectivity index (χ0n) is 20.8. The van der Waals surface area contributed by atoms with Crippen molar-refractivity contribution < 1.29 is 14.9 Å². The molecule has 1 rings (SSSR count). The van der Waals surface area contributed by atoms with E-state index in [2.05, 4.69) is 27.7 Å². The predicted octanol–water partition coefficient (Wildman–Crippen LogP) is 5.34. The number of ether oxygens (including phenoxy) is 1. The molecule has 182 valence electrons. The van der Waals surface area contributed by atoms with Crippen LogP contribution in [0.25, 0.3) is 0 Å². The second kappa shape index (κ2) is 14.0. The minimum absolute atomic E-state index is 0.0516. The third-order valence-electron chi connectivity index (χ3n) is 6.25. The summed E-state index contributed by atoms with van der Waals surface area (Å²) in [6.45, 7) is 13.9. The summed E-state index contributed by atoms with van der Waals surface area (Å²) in [6.07, 6.45) is 12.6. The molecule has 6 heteroatoms. The summed E-state index contributed by atoms with van der Waals surface area (Å²) in [6, 6.07) is 0. The van der Waals surface area contributed by atoms with Gasteiger partial charge in [-0.15, -0.1) is 0 Å². The Balaban J connectivity index is 2.13. The van der Waals surface area contributed by atoms with Crippen LogP contribution in [0.3, 0.4) is 0 Å². The highest BCUT2D eigenvalue weighted by Gasteiger charge is 2.22. The zero-order chi connectivity index (χ0) is 23.3. The van der Waals surface area contributed by atoms with Crippen molar-refractivity contribution >= 4 is 0 Å². The second-order valence-electron chi connectivity index (χ2n) is 10.5. The van der Waals surface area contributed by atoms with Gasteiger partial charge in [0, 0.05) is 32.9 Å². The smallest absolute Gasteiger partial charge is 0.331 e. The van der Waals surface area contributed by atoms with Crippen LogP contribution in [0, 0.1) is 10.8 Å². The normalized spacial score (nSPS) is 12.6. The van der Waals surface area contributed by atoms with Crippen molar-refractivity contribution in [1.29, 1.82) is 0 Å². The van der Waals surface area contributed by atoms with Gasteiger partial charge in [-0.25, -0.2) is 4.79 Å². The van der Waals surface area contributed by atoms with Gasteiger partial charge >= 0.3 is 5.69 Å². The van der Waals surface area contributed by atoms with Gasteiger partial charge in [-0.05, 0) is 56.3 Å². The molecule has 2 N–H and O–H groups in total. The number of nitrogens with zero attached hydrogens (tertiary/aromatic N) is 2. The van der Waals surface area contributed by atoms with E-state index in [-0.39, 0.29) is 17.0 Å². The van der Waals surface area contributed by atoms with Gasteiger partial charge in [0.05, 0.1) is 6.20 Å². The Morgan fingerprint density at radius 3 is 1.94 bits per heavy atom. The van der Waals surface area contributed by atoms with Crippen molar-refractivity contribution in [2.24, 2.45) is 10.8 Å². The number of hydrogen-bond donors (Lipinski definition) is 2. The maximum atomic E-state index is 12.3. The van der Waals surface area contributed by atoms with E-state index in [4.69, 9.17) is 9.84 Å². The average Bonchev–Trinajstić information content (AvgIpc) is 2.97. The van der Waals surface area contributed by atoms with Crippen LogP contribution in [-0.2, 0) is 17.8 Å². The van der Waals surface area contributed by atoms with Gasteiger partial charge in [0.2, 0.25) is 5.88 Å². The maximum absolute atomic E-state index is 12.3. The van der Waals surface area contributed by atoms with Gasteiger partial charge in [0.1, 0.15) is 0 Å². The van der Waals surface area contributed by atoms with Crippen molar-refractivity contribution in [1.82, 2.24) is 9.13 Å². The van der Waals surface area contributed by atoms with Crippen LogP contribution in [0.5, 0.6) is 5.88 Å². The first kappa shape index (κ1) is 27.8. The third kappa shape index (κ3) is 11.2. The molecule has 6 nitrogen and oxygen atoms in total. The van der Waals surface area contributed by atoms with E-state index in [0.29, 0.717) is 25.1 Å². The Morgan fingerprint density at radius 1 is 0.871 bits per heavy atom. The van der Waals surface area contributed by atoms with Crippen molar-refractivity contribution in [3.63, 3.8) is 0 Å². The highest BCUT2D eigenvalue weighted by Crippen LogP contribution is 2.30. The molecule has 31 heavy (non-hydrogen) atoms. The van der Waals surface area contributed by atoms with E-state index >= 15 is 0 Å². The summed E-state index contributed by atoms with van der Waals surface area (Å²) < 4.78 is 8.84. The standard InChI is InChI=1S/C25H48N2O4/c1-6-26-20-22(29)27(23(26)30)21-25(4,5)16-10-13-19-31-18-12-9-15-24(2,3)14-8-7-11-17-28/h20,28-29H,6-19,21H2,1-5H3. The number of aryl methyl sites for hydroxylation is 1. The van der Waals surface area contributed by atoms with Crippen LogP contribution in [0.2, 0.25) is 0 Å². The number of unbranched alkanes of at least 4 members (excludes halogenated alkanes) is 4. The van der Waals surface area contributed by atoms with Crippen LogP contribution in [-0.4, -0.2) is 39.2 Å². The van der Waals surface area contributed by atoms with Crippen molar-refractivity contribution in [3.05, 3.63) is 16.7 Å². The summed E-state index contributed by atoms with van der Waals surface area (Å²) in [5, 5.41) is 18.9. The summed E-state index contributed by atoms with van der Waals surface area (Å²) in [5.74, 6) is 0.0524. The van der Waals surface area contributed by atoms with E-state index in [1.165, 1.54) is 41.0 Å². The lowest BCUT2D eigenvalue weighted by Crippen LogP contribution is -2.29. The Bertz CT molecular complexity index is 661. The molecule has 0 unspecified atom stereocenters. The number of rotatable bonds is 18. The van der Waals surface area contributed by atoms with Gasteiger partial charge in [-0.2, -0.15) is 0 Å². The molecule has 0 saturated heterocycles.